The molecule has 3 N–H and O–H groups in total. The molecule has 0 saturated carbocycles. The van der Waals surface area contributed by atoms with Crippen molar-refractivity contribution < 1.29 is 80.2 Å². The van der Waals surface area contributed by atoms with Gasteiger partial charge in [0.1, 0.15) is 19.3 Å². The van der Waals surface area contributed by atoms with Gasteiger partial charge in [-0.3, -0.25) is 37.3 Å². The van der Waals surface area contributed by atoms with Gasteiger partial charge in [0.2, 0.25) is 0 Å². The van der Waals surface area contributed by atoms with Gasteiger partial charge in [0, 0.05) is 25.7 Å². The number of phosphoric acid groups is 2. The van der Waals surface area contributed by atoms with E-state index in [-0.39, 0.29) is 25.7 Å². The summed E-state index contributed by atoms with van der Waals surface area (Å²) in [6.45, 7) is 11.8. The Kier molecular flexibility index (Phi) is 62.4. The maximum Gasteiger partial charge on any atom is 0.472 e. The number of phosphoric ester groups is 2. The van der Waals surface area contributed by atoms with Crippen LogP contribution in [0, 0.1) is 17.8 Å². The number of hydrogen-bond donors (Lipinski definition) is 3. The van der Waals surface area contributed by atoms with Gasteiger partial charge in [0.05, 0.1) is 26.4 Å². The Morgan fingerprint density at radius 2 is 0.500 bits per heavy atom. The highest BCUT2D eigenvalue weighted by molar-refractivity contribution is 7.47. The highest BCUT2D eigenvalue weighted by Crippen LogP contribution is 2.45. The van der Waals surface area contributed by atoms with Crippen LogP contribution in [0.15, 0.2) is 0 Å². The fourth-order valence-electron chi connectivity index (χ4n) is 11.1. The lowest BCUT2D eigenvalue weighted by Gasteiger charge is -2.21. The standard InChI is InChI=1S/C73H142O17P2/c1-8-9-10-11-12-23-33-40-47-54-70(75)83-60-69(90-73(78)57-50-43-36-29-27-32-39-46-53-66(6)7)63-88-92(81,82)86-59-67(74)58-85-91(79,80)87-62-68(61-84-71(76)55-48-41-34-28-26-31-38-45-52-65(4)5)89-72(77)56-49-42-35-25-22-20-18-16-14-13-15-17-19-21-24-30-37-44-51-64(2)3/h64-69,74H,8-63H2,1-7H3,(H,79,80)(H,81,82)/t67-,68-,69-/m1/s1. The summed E-state index contributed by atoms with van der Waals surface area (Å²) in [6.07, 6.45) is 48.8. The van der Waals surface area contributed by atoms with Crippen LogP contribution in [0.3, 0.4) is 0 Å². The number of unbranched alkanes of at least 4 members (excludes halogenated alkanes) is 39. The molecule has 0 aliphatic heterocycles. The monoisotopic (exact) mass is 1350 g/mol. The number of hydrogen-bond acceptors (Lipinski definition) is 15. The van der Waals surface area contributed by atoms with E-state index in [1.54, 1.807) is 0 Å². The number of rotatable bonds is 71. The first-order valence-corrected chi connectivity index (χ1v) is 40.8. The zero-order valence-corrected chi connectivity index (χ0v) is 61.8. The second kappa shape index (κ2) is 63.8. The average Bonchev–Trinajstić information content (AvgIpc) is 1.49. The van der Waals surface area contributed by atoms with Gasteiger partial charge in [-0.15, -0.1) is 0 Å². The van der Waals surface area contributed by atoms with Crippen molar-refractivity contribution in [2.45, 2.75) is 388 Å². The first kappa shape index (κ1) is 90.1. The van der Waals surface area contributed by atoms with E-state index in [1.807, 2.05) is 0 Å². The number of carbonyl (C=O) groups excluding carboxylic acids is 4. The zero-order valence-electron chi connectivity index (χ0n) is 60.0. The molecule has 5 atom stereocenters. The van der Waals surface area contributed by atoms with Gasteiger partial charge >= 0.3 is 39.5 Å². The van der Waals surface area contributed by atoms with E-state index in [0.29, 0.717) is 25.7 Å². The molecule has 0 fully saturated rings. The Hall–Kier alpha value is -1.94. The summed E-state index contributed by atoms with van der Waals surface area (Å²) in [5.74, 6) is 0.139. The minimum atomic E-state index is -4.95. The first-order chi connectivity index (χ1) is 44.2. The third kappa shape index (κ3) is 66.7. The van der Waals surface area contributed by atoms with Crippen molar-refractivity contribution in [3.8, 4) is 0 Å². The summed E-state index contributed by atoms with van der Waals surface area (Å²) in [6, 6.07) is 0. The molecule has 17 nitrogen and oxygen atoms in total. The maximum atomic E-state index is 13.0. The van der Waals surface area contributed by atoms with Crippen molar-refractivity contribution in [1.82, 2.24) is 0 Å². The van der Waals surface area contributed by atoms with Gasteiger partial charge in [-0.1, -0.05) is 318 Å². The lowest BCUT2D eigenvalue weighted by atomic mass is 10.0. The summed E-state index contributed by atoms with van der Waals surface area (Å²) in [5.41, 5.74) is 0. The molecule has 0 rings (SSSR count). The van der Waals surface area contributed by atoms with E-state index < -0.39 is 97.5 Å². The molecule has 0 saturated heterocycles. The van der Waals surface area contributed by atoms with Gasteiger partial charge in [-0.2, -0.15) is 0 Å². The minimum absolute atomic E-state index is 0.104. The van der Waals surface area contributed by atoms with Crippen LogP contribution in [0.1, 0.15) is 370 Å². The molecule has 2 unspecified atom stereocenters. The topological polar surface area (TPSA) is 237 Å². The molecule has 0 aromatic heterocycles. The SMILES string of the molecule is CCCCCCCCCCCC(=O)OC[C@H](COP(=O)(O)OC[C@H](O)COP(=O)(O)OC[C@@H](COC(=O)CCCCCCCCCCC(C)C)OC(=O)CCCCCCCCCCCCCCCCCCCCC(C)C)OC(=O)CCCCCCCCCCC(C)C. The fourth-order valence-corrected chi connectivity index (χ4v) is 12.7. The molecule has 19 heteroatoms. The molecule has 0 aromatic rings. The Bertz CT molecular complexity index is 1800. The summed E-state index contributed by atoms with van der Waals surface area (Å²) in [7, 11) is -9.90. The Morgan fingerprint density at radius 3 is 0.739 bits per heavy atom. The van der Waals surface area contributed by atoms with Crippen molar-refractivity contribution in [2.75, 3.05) is 39.6 Å². The Balaban J connectivity index is 5.17. The molecule has 0 heterocycles. The van der Waals surface area contributed by atoms with Crippen molar-refractivity contribution in [3.63, 3.8) is 0 Å². The molecule has 546 valence electrons. The molecular formula is C73H142O17P2. The van der Waals surface area contributed by atoms with E-state index in [4.69, 9.17) is 37.0 Å². The molecule has 0 spiro atoms. The lowest BCUT2D eigenvalue weighted by Crippen LogP contribution is -2.30. The highest BCUT2D eigenvalue weighted by Gasteiger charge is 2.30. The van der Waals surface area contributed by atoms with E-state index >= 15 is 0 Å². The van der Waals surface area contributed by atoms with Crippen molar-refractivity contribution in [3.05, 3.63) is 0 Å². The summed E-state index contributed by atoms with van der Waals surface area (Å²) in [4.78, 5) is 72.5. The summed E-state index contributed by atoms with van der Waals surface area (Å²) >= 11 is 0. The van der Waals surface area contributed by atoms with Gasteiger partial charge in [0.15, 0.2) is 12.2 Å². The van der Waals surface area contributed by atoms with Crippen LogP contribution < -0.4 is 0 Å². The van der Waals surface area contributed by atoms with Crippen LogP contribution in [0.2, 0.25) is 0 Å². The molecule has 0 radical (unpaired) electrons. The molecule has 0 bridgehead atoms. The zero-order chi connectivity index (χ0) is 68.0. The largest absolute Gasteiger partial charge is 0.472 e. The van der Waals surface area contributed by atoms with Crippen LogP contribution in [0.25, 0.3) is 0 Å². The molecule has 0 amide bonds. The Labute approximate surface area is 562 Å². The average molecular weight is 1350 g/mol. The highest BCUT2D eigenvalue weighted by atomic mass is 31.2. The Morgan fingerprint density at radius 1 is 0.293 bits per heavy atom. The summed E-state index contributed by atoms with van der Waals surface area (Å²) < 4.78 is 68.3. The second-order valence-corrected chi connectivity index (χ2v) is 30.7. The molecular weight excluding hydrogens is 1210 g/mol. The van der Waals surface area contributed by atoms with E-state index in [1.165, 1.54) is 180 Å². The number of ether oxygens (including phenoxy) is 4. The maximum absolute atomic E-state index is 13.0. The molecule has 0 aromatic carbocycles. The predicted octanol–water partition coefficient (Wildman–Crippen LogP) is 21.0. The van der Waals surface area contributed by atoms with Gasteiger partial charge < -0.3 is 33.8 Å². The quantitative estimate of drug-likeness (QED) is 0.0222. The number of aliphatic hydroxyl groups excluding tert-OH is 1. The summed E-state index contributed by atoms with van der Waals surface area (Å²) in [5, 5.41) is 10.6. The van der Waals surface area contributed by atoms with Crippen molar-refractivity contribution in [2.24, 2.45) is 17.8 Å². The normalized spacial score (nSPS) is 14.1. The molecule has 92 heavy (non-hydrogen) atoms. The smallest absolute Gasteiger partial charge is 0.462 e. The third-order valence-corrected chi connectivity index (χ3v) is 18.8. The van der Waals surface area contributed by atoms with Crippen molar-refractivity contribution in [1.29, 1.82) is 0 Å². The second-order valence-electron chi connectivity index (χ2n) is 27.8. The van der Waals surface area contributed by atoms with E-state index in [0.717, 1.165) is 108 Å². The number of aliphatic hydroxyl groups is 1. The fraction of sp³-hybridized carbons (Fsp3) is 0.945. The van der Waals surface area contributed by atoms with Crippen molar-refractivity contribution >= 4 is 39.5 Å². The van der Waals surface area contributed by atoms with Gasteiger partial charge in [-0.25, -0.2) is 9.13 Å². The number of carbonyl (C=O) groups is 4. The molecule has 0 aliphatic carbocycles. The van der Waals surface area contributed by atoms with E-state index in [2.05, 4.69) is 48.5 Å². The number of esters is 4. The van der Waals surface area contributed by atoms with Gasteiger partial charge in [-0.05, 0) is 43.4 Å². The van der Waals surface area contributed by atoms with Crippen LogP contribution in [-0.2, 0) is 65.4 Å². The predicted molar refractivity (Wildman–Crippen MR) is 372 cm³/mol. The van der Waals surface area contributed by atoms with Gasteiger partial charge in [0.25, 0.3) is 0 Å². The van der Waals surface area contributed by atoms with Crippen LogP contribution in [0.4, 0.5) is 0 Å². The first-order valence-electron chi connectivity index (χ1n) is 37.8. The van der Waals surface area contributed by atoms with Crippen LogP contribution >= 0.6 is 15.6 Å². The third-order valence-electron chi connectivity index (χ3n) is 16.9. The lowest BCUT2D eigenvalue weighted by molar-refractivity contribution is -0.161. The minimum Gasteiger partial charge on any atom is -0.462 e. The van der Waals surface area contributed by atoms with E-state index in [9.17, 15) is 43.2 Å². The molecule has 0 aliphatic rings. The van der Waals surface area contributed by atoms with Crippen LogP contribution in [-0.4, -0.2) is 96.7 Å². The van der Waals surface area contributed by atoms with Crippen LogP contribution in [0.5, 0.6) is 0 Å².